The molecule has 0 unspecified atom stereocenters. The van der Waals surface area contributed by atoms with E-state index in [1.54, 1.807) is 0 Å². The number of nitrogens with zero attached hydrogens (tertiary/aromatic N) is 2. The summed E-state index contributed by atoms with van der Waals surface area (Å²) < 4.78 is 48.9. The topological polar surface area (TPSA) is 36.2 Å². The maximum atomic E-state index is 14.3. The van der Waals surface area contributed by atoms with Crippen molar-refractivity contribution in [3.63, 3.8) is 0 Å². The highest BCUT2D eigenvalue weighted by Crippen LogP contribution is 2.29. The second-order valence-corrected chi connectivity index (χ2v) is 5.15. The second kappa shape index (κ2) is 5.92. The number of rotatable bonds is 3. The highest BCUT2D eigenvalue weighted by Gasteiger charge is 2.20. The van der Waals surface area contributed by atoms with E-state index in [1.165, 1.54) is 47.8 Å². The third kappa shape index (κ3) is 2.58. The summed E-state index contributed by atoms with van der Waals surface area (Å²) in [5.74, 6) is -2.11. The van der Waals surface area contributed by atoms with Crippen molar-refractivity contribution in [3.05, 3.63) is 70.3 Å². The van der Waals surface area contributed by atoms with Crippen LogP contribution in [-0.4, -0.2) is 16.5 Å². The Morgan fingerprint density at radius 3 is 2.08 bits per heavy atom. The molecular weight excluding hydrogens is 321 g/mol. The van der Waals surface area contributed by atoms with E-state index >= 15 is 0 Å². The summed E-state index contributed by atoms with van der Waals surface area (Å²) in [5, 5.41) is 0. The van der Waals surface area contributed by atoms with Gasteiger partial charge in [-0.2, -0.15) is 0 Å². The van der Waals surface area contributed by atoms with Gasteiger partial charge in [0, 0.05) is 25.2 Å². The lowest BCUT2D eigenvalue weighted by atomic mass is 10.1. The molecule has 0 saturated carbocycles. The van der Waals surface area contributed by atoms with E-state index in [2.05, 4.69) is 0 Å². The third-order valence-electron chi connectivity index (χ3n) is 3.70. The van der Waals surface area contributed by atoms with Gasteiger partial charge in [-0.3, -0.25) is 9.48 Å². The Bertz CT molecular complexity index is 936. The summed E-state index contributed by atoms with van der Waals surface area (Å²) in [4.78, 5) is 12.2. The van der Waals surface area contributed by atoms with Crippen molar-refractivity contribution in [1.82, 2.24) is 9.36 Å². The molecule has 0 saturated heterocycles. The molecule has 3 rings (SSSR count). The lowest BCUT2D eigenvalue weighted by molar-refractivity contribution is 0.407. The van der Waals surface area contributed by atoms with E-state index in [9.17, 15) is 18.0 Å². The summed E-state index contributed by atoms with van der Waals surface area (Å²) in [5.41, 5.74) is -0.392. The molecule has 0 amide bonds. The molecule has 2 aromatic carbocycles. The molecule has 0 radical (unpaired) electrons. The van der Waals surface area contributed by atoms with Crippen molar-refractivity contribution in [2.24, 2.45) is 7.05 Å². The van der Waals surface area contributed by atoms with Gasteiger partial charge in [0.2, 0.25) is 0 Å². The first-order chi connectivity index (χ1) is 11.4. The van der Waals surface area contributed by atoms with E-state index in [4.69, 9.17) is 4.74 Å². The maximum Gasteiger partial charge on any atom is 0.271 e. The second-order valence-electron chi connectivity index (χ2n) is 5.15. The Kier molecular flexibility index (Phi) is 3.92. The average Bonchev–Trinajstić information content (AvgIpc) is 2.82. The molecule has 0 N–H and O–H groups in total. The molecule has 0 bridgehead atoms. The van der Waals surface area contributed by atoms with Crippen LogP contribution in [0.15, 0.2) is 47.3 Å². The molecular formula is C17H13F3N2O2. The van der Waals surface area contributed by atoms with Gasteiger partial charge in [0.05, 0.1) is 24.1 Å². The van der Waals surface area contributed by atoms with Crippen molar-refractivity contribution >= 4 is 0 Å². The smallest absolute Gasteiger partial charge is 0.271 e. The van der Waals surface area contributed by atoms with Gasteiger partial charge >= 0.3 is 0 Å². The normalized spacial score (nSPS) is 10.9. The van der Waals surface area contributed by atoms with Crippen LogP contribution in [0.3, 0.4) is 0 Å². The van der Waals surface area contributed by atoms with Crippen LogP contribution in [0.5, 0.6) is 5.75 Å². The first-order valence-electron chi connectivity index (χ1n) is 7.00. The lowest BCUT2D eigenvalue weighted by Gasteiger charge is -2.12. The van der Waals surface area contributed by atoms with Crippen molar-refractivity contribution in [2.75, 3.05) is 7.11 Å². The molecule has 0 atom stereocenters. The van der Waals surface area contributed by atoms with Crippen molar-refractivity contribution in [2.45, 2.75) is 0 Å². The summed E-state index contributed by atoms with van der Waals surface area (Å²) in [6, 6.07) is 8.40. The van der Waals surface area contributed by atoms with Gasteiger partial charge < -0.3 is 4.74 Å². The molecule has 24 heavy (non-hydrogen) atoms. The summed E-state index contributed by atoms with van der Waals surface area (Å²) in [7, 11) is 2.79. The van der Waals surface area contributed by atoms with Gasteiger partial charge in [-0.05, 0) is 24.3 Å². The Balaban J connectivity index is 2.20. The number of hydrogen-bond donors (Lipinski definition) is 0. The Hall–Kier alpha value is -2.96. The van der Waals surface area contributed by atoms with Crippen LogP contribution in [-0.2, 0) is 7.05 Å². The van der Waals surface area contributed by atoms with Gasteiger partial charge in [0.15, 0.2) is 0 Å². The fraction of sp³-hybridized carbons (Fsp3) is 0.118. The van der Waals surface area contributed by atoms with Crippen LogP contribution in [0.1, 0.15) is 0 Å². The lowest BCUT2D eigenvalue weighted by Crippen LogP contribution is -2.19. The maximum absolute atomic E-state index is 14.3. The monoisotopic (exact) mass is 334 g/mol. The zero-order valence-corrected chi connectivity index (χ0v) is 12.9. The van der Waals surface area contributed by atoms with Crippen LogP contribution in [0.4, 0.5) is 13.2 Å². The van der Waals surface area contributed by atoms with Crippen LogP contribution < -0.4 is 10.3 Å². The average molecular weight is 334 g/mol. The number of benzene rings is 2. The molecule has 1 heterocycles. The molecule has 3 aromatic rings. The number of hydrogen-bond acceptors (Lipinski definition) is 2. The largest absolute Gasteiger partial charge is 0.497 e. The summed E-state index contributed by atoms with van der Waals surface area (Å²) in [6.07, 6.45) is 0. The van der Waals surface area contributed by atoms with Crippen molar-refractivity contribution in [3.8, 4) is 22.7 Å². The van der Waals surface area contributed by atoms with E-state index in [1.807, 2.05) is 0 Å². The first-order valence-corrected chi connectivity index (χ1v) is 7.00. The fourth-order valence-corrected chi connectivity index (χ4v) is 2.56. The molecule has 0 aliphatic heterocycles. The Labute approximate surface area is 135 Å². The van der Waals surface area contributed by atoms with Crippen LogP contribution in [0.2, 0.25) is 0 Å². The van der Waals surface area contributed by atoms with Crippen LogP contribution >= 0.6 is 0 Å². The first kappa shape index (κ1) is 15.9. The van der Waals surface area contributed by atoms with Gasteiger partial charge in [-0.1, -0.05) is 0 Å². The molecule has 1 aromatic heterocycles. The predicted octanol–water partition coefficient (Wildman–Crippen LogP) is 3.27. The molecule has 0 aliphatic rings. The molecule has 0 aliphatic carbocycles. The Morgan fingerprint density at radius 1 is 0.958 bits per heavy atom. The van der Waals surface area contributed by atoms with E-state index in [0.29, 0.717) is 5.69 Å². The minimum Gasteiger partial charge on any atom is -0.497 e. The van der Waals surface area contributed by atoms with Gasteiger partial charge in [-0.15, -0.1) is 0 Å². The van der Waals surface area contributed by atoms with E-state index in [0.717, 1.165) is 18.2 Å². The summed E-state index contributed by atoms with van der Waals surface area (Å²) >= 11 is 0. The van der Waals surface area contributed by atoms with Crippen molar-refractivity contribution in [1.29, 1.82) is 0 Å². The molecule has 4 nitrogen and oxygen atoms in total. The van der Waals surface area contributed by atoms with Crippen LogP contribution in [0, 0.1) is 17.5 Å². The van der Waals surface area contributed by atoms with Gasteiger partial charge in [0.25, 0.3) is 5.56 Å². The van der Waals surface area contributed by atoms with Crippen molar-refractivity contribution < 1.29 is 17.9 Å². The minimum atomic E-state index is -0.848. The number of halogens is 3. The zero-order chi connectivity index (χ0) is 17.4. The standard InChI is InChI=1S/C17H13F3N2O2/c1-21-15(17-13(19)7-12(24-2)8-14(17)20)9-16(23)22(21)11-5-3-10(18)4-6-11/h3-9H,1-2H3. The molecule has 124 valence electrons. The third-order valence-corrected chi connectivity index (χ3v) is 3.70. The molecule has 0 fully saturated rings. The summed E-state index contributed by atoms with van der Waals surface area (Å²) in [6.45, 7) is 0. The van der Waals surface area contributed by atoms with Gasteiger partial charge in [-0.25, -0.2) is 17.9 Å². The predicted molar refractivity (Wildman–Crippen MR) is 82.9 cm³/mol. The highest BCUT2D eigenvalue weighted by atomic mass is 19.1. The zero-order valence-electron chi connectivity index (χ0n) is 12.9. The van der Waals surface area contributed by atoms with Gasteiger partial charge in [0.1, 0.15) is 23.2 Å². The Morgan fingerprint density at radius 2 is 1.54 bits per heavy atom. The number of ether oxygens (including phenoxy) is 1. The van der Waals surface area contributed by atoms with E-state index < -0.39 is 23.0 Å². The quantitative estimate of drug-likeness (QED) is 0.737. The fourth-order valence-electron chi connectivity index (χ4n) is 2.56. The number of aromatic nitrogens is 2. The number of methoxy groups -OCH3 is 1. The highest BCUT2D eigenvalue weighted by molar-refractivity contribution is 5.62. The molecule has 7 heteroatoms. The molecule has 0 spiro atoms. The SMILES string of the molecule is COc1cc(F)c(-c2cc(=O)n(-c3ccc(F)cc3)n2C)c(F)c1. The van der Waals surface area contributed by atoms with Crippen LogP contribution in [0.25, 0.3) is 16.9 Å². The van der Waals surface area contributed by atoms with E-state index in [-0.39, 0.29) is 17.0 Å². The minimum absolute atomic E-state index is 0.0386.